The van der Waals surface area contributed by atoms with Crippen molar-refractivity contribution in [3.05, 3.63) is 0 Å². The molecule has 0 radical (unpaired) electrons. The quantitative estimate of drug-likeness (QED) is 0.674. The van der Waals surface area contributed by atoms with E-state index in [2.05, 4.69) is 22.9 Å². The molecule has 1 saturated carbocycles. The average Bonchev–Trinajstić information content (AvgIpc) is 2.49. The molecule has 4 heteroatoms. The fraction of sp³-hybridized carbons (Fsp3) is 0.846. The van der Waals surface area contributed by atoms with E-state index in [9.17, 15) is 4.79 Å². The summed E-state index contributed by atoms with van der Waals surface area (Å²) in [5.41, 5.74) is 0. The highest BCUT2D eigenvalue weighted by Gasteiger charge is 2.46. The maximum Gasteiger partial charge on any atom is 0.226 e. The van der Waals surface area contributed by atoms with Crippen molar-refractivity contribution in [3.63, 3.8) is 0 Å². The number of likely N-dealkylation sites (tertiary alicyclic amines) is 1. The van der Waals surface area contributed by atoms with Gasteiger partial charge in [0.1, 0.15) is 0 Å². The Bertz CT molecular complexity index is 355. The molecule has 0 N–H and O–H groups in total. The zero-order valence-corrected chi connectivity index (χ0v) is 10.3. The number of carbonyl (C=O) groups is 1. The van der Waals surface area contributed by atoms with Crippen LogP contribution in [0.2, 0.25) is 0 Å². The molecule has 2 unspecified atom stereocenters. The van der Waals surface area contributed by atoms with E-state index >= 15 is 0 Å². The summed E-state index contributed by atoms with van der Waals surface area (Å²) in [5, 5.41) is 8.77. The van der Waals surface area contributed by atoms with E-state index in [1.807, 2.05) is 0 Å². The van der Waals surface area contributed by atoms with Crippen molar-refractivity contribution in [2.75, 3.05) is 20.1 Å². The van der Waals surface area contributed by atoms with Crippen molar-refractivity contribution in [1.82, 2.24) is 9.80 Å². The number of nitriles is 1. The maximum atomic E-state index is 12.4. The molecule has 1 aliphatic carbocycles. The van der Waals surface area contributed by atoms with Crippen molar-refractivity contribution in [3.8, 4) is 6.07 Å². The fourth-order valence-corrected chi connectivity index (χ4v) is 3.61. The molecule has 2 heterocycles. The highest BCUT2D eigenvalue weighted by Crippen LogP contribution is 2.38. The van der Waals surface area contributed by atoms with Crippen molar-refractivity contribution in [2.24, 2.45) is 11.8 Å². The van der Waals surface area contributed by atoms with Gasteiger partial charge in [-0.05, 0) is 32.7 Å². The van der Waals surface area contributed by atoms with Gasteiger partial charge in [0.2, 0.25) is 5.91 Å². The molecule has 17 heavy (non-hydrogen) atoms. The third kappa shape index (κ3) is 1.73. The van der Waals surface area contributed by atoms with Gasteiger partial charge in [0.15, 0.2) is 0 Å². The Labute approximate surface area is 102 Å². The first-order valence-electron chi connectivity index (χ1n) is 6.59. The van der Waals surface area contributed by atoms with Gasteiger partial charge in [-0.15, -0.1) is 0 Å². The number of amides is 1. The van der Waals surface area contributed by atoms with E-state index in [1.165, 1.54) is 0 Å². The average molecular weight is 233 g/mol. The molecule has 0 aromatic rings. The van der Waals surface area contributed by atoms with E-state index < -0.39 is 0 Å². The summed E-state index contributed by atoms with van der Waals surface area (Å²) in [7, 11) is 2.14. The van der Waals surface area contributed by atoms with Crippen LogP contribution >= 0.6 is 0 Å². The minimum atomic E-state index is 0.133. The van der Waals surface area contributed by atoms with Gasteiger partial charge >= 0.3 is 0 Å². The van der Waals surface area contributed by atoms with Crippen LogP contribution in [0.15, 0.2) is 0 Å². The Morgan fingerprint density at radius 2 is 1.82 bits per heavy atom. The van der Waals surface area contributed by atoms with Crippen molar-refractivity contribution < 1.29 is 4.79 Å². The topological polar surface area (TPSA) is 47.3 Å². The molecule has 2 bridgehead atoms. The van der Waals surface area contributed by atoms with Crippen molar-refractivity contribution in [1.29, 1.82) is 5.26 Å². The molecule has 2 atom stereocenters. The second-order valence-electron chi connectivity index (χ2n) is 5.85. The van der Waals surface area contributed by atoms with Crippen molar-refractivity contribution >= 4 is 5.91 Å². The molecular formula is C13H19N3O. The molecule has 1 amide bonds. The number of likely N-dealkylation sites (N-methyl/N-ethyl adjacent to an activating group) is 1. The number of piperazine rings is 1. The minimum absolute atomic E-state index is 0.133. The van der Waals surface area contributed by atoms with E-state index in [0.717, 1.165) is 38.8 Å². The third-order valence-electron chi connectivity index (χ3n) is 4.59. The number of hydrogen-bond donors (Lipinski definition) is 0. The van der Waals surface area contributed by atoms with Crippen LogP contribution in [0.4, 0.5) is 0 Å². The molecule has 3 aliphatic rings. The molecule has 92 valence electrons. The van der Waals surface area contributed by atoms with Crippen LogP contribution in [0.5, 0.6) is 0 Å². The summed E-state index contributed by atoms with van der Waals surface area (Å²) < 4.78 is 0. The van der Waals surface area contributed by atoms with Gasteiger partial charge in [0.25, 0.3) is 0 Å². The van der Waals surface area contributed by atoms with Crippen LogP contribution in [-0.4, -0.2) is 47.9 Å². The van der Waals surface area contributed by atoms with Gasteiger partial charge < -0.3 is 9.80 Å². The van der Waals surface area contributed by atoms with Crippen LogP contribution in [0, 0.1) is 23.2 Å². The third-order valence-corrected chi connectivity index (χ3v) is 4.59. The first-order chi connectivity index (χ1) is 8.19. The highest BCUT2D eigenvalue weighted by molar-refractivity contribution is 5.81. The summed E-state index contributed by atoms with van der Waals surface area (Å²) >= 11 is 0. The second-order valence-corrected chi connectivity index (χ2v) is 5.85. The zero-order chi connectivity index (χ0) is 12.0. The summed E-state index contributed by atoms with van der Waals surface area (Å²) in [5.74, 6) is 0.609. The maximum absolute atomic E-state index is 12.4. The van der Waals surface area contributed by atoms with E-state index in [4.69, 9.17) is 5.26 Å². The summed E-state index contributed by atoms with van der Waals surface area (Å²) in [6.07, 6.45) is 3.91. The lowest BCUT2D eigenvalue weighted by Gasteiger charge is -2.43. The van der Waals surface area contributed by atoms with Gasteiger partial charge in [0, 0.05) is 37.0 Å². The molecular weight excluding hydrogens is 214 g/mol. The smallest absolute Gasteiger partial charge is 0.226 e. The largest absolute Gasteiger partial charge is 0.334 e. The number of fused-ring (bicyclic) bond motifs is 2. The van der Waals surface area contributed by atoms with Crippen LogP contribution in [0.1, 0.15) is 25.7 Å². The number of carbonyl (C=O) groups excluding carboxylic acids is 1. The monoisotopic (exact) mass is 233 g/mol. The SMILES string of the molecule is CN1CC2CCC(C1)N2C(=O)C1CC(C#N)C1. The zero-order valence-electron chi connectivity index (χ0n) is 10.3. The first-order valence-corrected chi connectivity index (χ1v) is 6.59. The molecule has 0 aromatic heterocycles. The standard InChI is InChI=1S/C13H19N3O/c1-15-7-11-2-3-12(8-15)16(11)13(17)10-4-9(5-10)6-14/h9-12H,2-5,7-8H2,1H3. The molecule has 3 rings (SSSR count). The van der Waals surface area contributed by atoms with Gasteiger partial charge in [-0.3, -0.25) is 4.79 Å². The normalized spacial score (nSPS) is 40.8. The summed E-state index contributed by atoms with van der Waals surface area (Å²) in [6.45, 7) is 2.05. The Balaban J connectivity index is 1.66. The first kappa shape index (κ1) is 11.0. The fourth-order valence-electron chi connectivity index (χ4n) is 3.61. The molecule has 4 nitrogen and oxygen atoms in total. The van der Waals surface area contributed by atoms with Crippen LogP contribution in [0.25, 0.3) is 0 Å². The lowest BCUT2D eigenvalue weighted by molar-refractivity contribution is -0.144. The number of rotatable bonds is 1. The Hall–Kier alpha value is -1.08. The molecule has 3 fully saturated rings. The van der Waals surface area contributed by atoms with Gasteiger partial charge in [-0.25, -0.2) is 0 Å². The Morgan fingerprint density at radius 1 is 1.24 bits per heavy atom. The van der Waals surface area contributed by atoms with Gasteiger partial charge in [-0.2, -0.15) is 5.26 Å². The molecule has 2 aliphatic heterocycles. The predicted octanol–water partition coefficient (Wildman–Crippen LogP) is 0.841. The molecule has 2 saturated heterocycles. The predicted molar refractivity (Wildman–Crippen MR) is 63.0 cm³/mol. The van der Waals surface area contributed by atoms with Gasteiger partial charge in [0.05, 0.1) is 6.07 Å². The number of nitrogens with zero attached hydrogens (tertiary/aromatic N) is 3. The lowest BCUT2D eigenvalue weighted by Crippen LogP contribution is -2.57. The van der Waals surface area contributed by atoms with Crippen LogP contribution in [0.3, 0.4) is 0 Å². The van der Waals surface area contributed by atoms with E-state index in [0.29, 0.717) is 18.0 Å². The summed E-state index contributed by atoms with van der Waals surface area (Å²) in [4.78, 5) is 16.9. The number of hydrogen-bond acceptors (Lipinski definition) is 3. The summed E-state index contributed by atoms with van der Waals surface area (Å²) in [6, 6.07) is 3.13. The van der Waals surface area contributed by atoms with Crippen molar-refractivity contribution in [2.45, 2.75) is 37.8 Å². The van der Waals surface area contributed by atoms with Crippen LogP contribution < -0.4 is 0 Å². The highest BCUT2D eigenvalue weighted by atomic mass is 16.2. The molecule has 0 aromatic carbocycles. The Kier molecular flexibility index (Phi) is 2.59. The van der Waals surface area contributed by atoms with E-state index in [-0.39, 0.29) is 11.8 Å². The second kappa shape index (κ2) is 3.99. The lowest BCUT2D eigenvalue weighted by atomic mass is 9.75. The van der Waals surface area contributed by atoms with Gasteiger partial charge in [-0.1, -0.05) is 0 Å². The van der Waals surface area contributed by atoms with Crippen LogP contribution in [-0.2, 0) is 4.79 Å². The minimum Gasteiger partial charge on any atom is -0.334 e. The van der Waals surface area contributed by atoms with E-state index in [1.54, 1.807) is 0 Å². The Morgan fingerprint density at radius 3 is 2.35 bits per heavy atom. The molecule has 0 spiro atoms.